The Balaban J connectivity index is 2.42. The Bertz CT molecular complexity index is 655. The zero-order valence-corrected chi connectivity index (χ0v) is 10.5. The Morgan fingerprint density at radius 3 is 2.43 bits per heavy atom. The molecule has 0 amide bonds. The number of halogens is 5. The Morgan fingerprint density at radius 2 is 1.86 bits per heavy atom. The summed E-state index contributed by atoms with van der Waals surface area (Å²) in [5, 5.41) is 2.20. The molecule has 1 aromatic heterocycles. The number of alkyl halides is 3. The van der Waals surface area contributed by atoms with Crippen molar-refractivity contribution in [2.75, 3.05) is 5.32 Å². The van der Waals surface area contributed by atoms with Crippen molar-refractivity contribution in [3.8, 4) is 0 Å². The fraction of sp³-hybridized carbons (Fsp3) is 0.154. The fourth-order valence-corrected chi connectivity index (χ4v) is 1.72. The number of benzene rings is 1. The van der Waals surface area contributed by atoms with E-state index in [4.69, 9.17) is 5.73 Å². The molecule has 21 heavy (non-hydrogen) atoms. The van der Waals surface area contributed by atoms with Gasteiger partial charge in [0.05, 0.1) is 28.8 Å². The molecule has 0 atom stereocenters. The highest BCUT2D eigenvalue weighted by molar-refractivity contribution is 5.64. The SMILES string of the molecule is NCc1ncc(Nc2c(F)cccc2C(F)(F)F)cc1F. The van der Waals surface area contributed by atoms with Crippen LogP contribution < -0.4 is 11.1 Å². The van der Waals surface area contributed by atoms with Gasteiger partial charge < -0.3 is 11.1 Å². The molecule has 0 aliphatic heterocycles. The first-order valence-corrected chi connectivity index (χ1v) is 5.80. The molecule has 0 saturated carbocycles. The smallest absolute Gasteiger partial charge is 0.351 e. The summed E-state index contributed by atoms with van der Waals surface area (Å²) in [5.41, 5.74) is 3.10. The second-order valence-corrected chi connectivity index (χ2v) is 4.14. The molecule has 0 radical (unpaired) electrons. The maximum absolute atomic E-state index is 13.6. The van der Waals surface area contributed by atoms with Gasteiger partial charge >= 0.3 is 6.18 Å². The maximum Gasteiger partial charge on any atom is 0.418 e. The van der Waals surface area contributed by atoms with E-state index in [0.29, 0.717) is 0 Å². The molecule has 0 spiro atoms. The zero-order valence-electron chi connectivity index (χ0n) is 10.5. The number of hydrogen-bond donors (Lipinski definition) is 2. The van der Waals surface area contributed by atoms with Crippen LogP contribution in [0.3, 0.4) is 0 Å². The lowest BCUT2D eigenvalue weighted by molar-refractivity contribution is -0.137. The molecule has 112 valence electrons. The molecule has 3 nitrogen and oxygen atoms in total. The number of aromatic nitrogens is 1. The summed E-state index contributed by atoms with van der Waals surface area (Å²) in [6.07, 6.45) is -3.66. The summed E-state index contributed by atoms with van der Waals surface area (Å²) in [6.45, 7) is -0.153. The number of anilines is 2. The van der Waals surface area contributed by atoms with Crippen LogP contribution in [0.15, 0.2) is 30.5 Å². The van der Waals surface area contributed by atoms with Gasteiger partial charge in [-0.25, -0.2) is 8.78 Å². The summed E-state index contributed by atoms with van der Waals surface area (Å²) >= 11 is 0. The van der Waals surface area contributed by atoms with Crippen molar-refractivity contribution in [3.63, 3.8) is 0 Å². The van der Waals surface area contributed by atoms with Gasteiger partial charge in [-0.2, -0.15) is 13.2 Å². The minimum atomic E-state index is -4.74. The lowest BCUT2D eigenvalue weighted by Crippen LogP contribution is -2.11. The fourth-order valence-electron chi connectivity index (χ4n) is 1.72. The van der Waals surface area contributed by atoms with Crippen molar-refractivity contribution in [2.45, 2.75) is 12.7 Å². The molecule has 0 aliphatic rings. The number of nitrogens with two attached hydrogens (primary N) is 1. The molecule has 3 N–H and O–H groups in total. The number of hydrogen-bond acceptors (Lipinski definition) is 3. The van der Waals surface area contributed by atoms with E-state index >= 15 is 0 Å². The quantitative estimate of drug-likeness (QED) is 0.852. The van der Waals surface area contributed by atoms with Crippen molar-refractivity contribution in [1.82, 2.24) is 4.98 Å². The molecule has 0 unspecified atom stereocenters. The number of pyridine rings is 1. The summed E-state index contributed by atoms with van der Waals surface area (Å²) in [4.78, 5) is 3.65. The highest BCUT2D eigenvalue weighted by Gasteiger charge is 2.34. The summed E-state index contributed by atoms with van der Waals surface area (Å²) in [5.74, 6) is -1.89. The van der Waals surface area contributed by atoms with Gasteiger partial charge in [-0.05, 0) is 12.1 Å². The van der Waals surface area contributed by atoms with Crippen molar-refractivity contribution >= 4 is 11.4 Å². The first-order chi connectivity index (χ1) is 9.82. The minimum absolute atomic E-state index is 0.0369. The number of nitrogens with zero attached hydrogens (tertiary/aromatic N) is 1. The van der Waals surface area contributed by atoms with Crippen LogP contribution >= 0.6 is 0 Å². The van der Waals surface area contributed by atoms with Crippen LogP contribution in [0.25, 0.3) is 0 Å². The Labute approximate surface area is 116 Å². The first kappa shape index (κ1) is 15.2. The van der Waals surface area contributed by atoms with E-state index in [-0.39, 0.29) is 17.9 Å². The molecule has 0 bridgehead atoms. The molecule has 0 saturated heterocycles. The van der Waals surface area contributed by atoms with Crippen molar-refractivity contribution in [1.29, 1.82) is 0 Å². The average molecular weight is 303 g/mol. The standard InChI is InChI=1S/C13H10F5N3/c14-9-3-1-2-8(13(16,17)18)12(9)21-7-4-10(15)11(5-19)20-6-7/h1-4,6,21H,5,19H2. The summed E-state index contributed by atoms with van der Waals surface area (Å²) in [7, 11) is 0. The molecule has 2 rings (SSSR count). The predicted molar refractivity (Wildman–Crippen MR) is 66.8 cm³/mol. The van der Waals surface area contributed by atoms with E-state index in [1.54, 1.807) is 0 Å². The largest absolute Gasteiger partial charge is 0.418 e. The van der Waals surface area contributed by atoms with E-state index in [9.17, 15) is 22.0 Å². The third-order valence-corrected chi connectivity index (χ3v) is 2.70. The average Bonchev–Trinajstić information content (AvgIpc) is 2.40. The number of rotatable bonds is 3. The van der Waals surface area contributed by atoms with E-state index < -0.39 is 29.1 Å². The predicted octanol–water partition coefficient (Wildman–Crippen LogP) is 3.58. The summed E-state index contributed by atoms with van der Waals surface area (Å²) in [6, 6.07) is 3.44. The van der Waals surface area contributed by atoms with Gasteiger partial charge in [0.15, 0.2) is 0 Å². The van der Waals surface area contributed by atoms with Crippen LogP contribution in [0, 0.1) is 11.6 Å². The van der Waals surface area contributed by atoms with Crippen LogP contribution in [-0.4, -0.2) is 4.98 Å². The minimum Gasteiger partial charge on any atom is -0.351 e. The van der Waals surface area contributed by atoms with Crippen LogP contribution in [0.1, 0.15) is 11.3 Å². The maximum atomic E-state index is 13.6. The number of para-hydroxylation sites is 1. The van der Waals surface area contributed by atoms with Crippen LogP contribution in [0.4, 0.5) is 33.3 Å². The Hall–Kier alpha value is -2.22. The third-order valence-electron chi connectivity index (χ3n) is 2.70. The van der Waals surface area contributed by atoms with E-state index in [1.165, 1.54) is 0 Å². The van der Waals surface area contributed by atoms with Gasteiger partial charge in [-0.3, -0.25) is 4.98 Å². The normalized spacial score (nSPS) is 11.5. The topological polar surface area (TPSA) is 50.9 Å². The first-order valence-electron chi connectivity index (χ1n) is 5.80. The molecule has 2 aromatic rings. The zero-order chi connectivity index (χ0) is 15.6. The van der Waals surface area contributed by atoms with E-state index in [2.05, 4.69) is 10.3 Å². The van der Waals surface area contributed by atoms with Gasteiger partial charge in [0, 0.05) is 12.6 Å². The van der Waals surface area contributed by atoms with Gasteiger partial charge in [0.2, 0.25) is 0 Å². The molecule has 1 heterocycles. The van der Waals surface area contributed by atoms with Crippen LogP contribution in [0.2, 0.25) is 0 Å². The van der Waals surface area contributed by atoms with Crippen molar-refractivity contribution < 1.29 is 22.0 Å². The van der Waals surface area contributed by atoms with E-state index in [1.807, 2.05) is 0 Å². The van der Waals surface area contributed by atoms with Crippen LogP contribution in [0.5, 0.6) is 0 Å². The Kier molecular flexibility index (Phi) is 4.08. The van der Waals surface area contributed by atoms with Crippen molar-refractivity contribution in [2.24, 2.45) is 5.73 Å². The Morgan fingerprint density at radius 1 is 1.14 bits per heavy atom. The monoisotopic (exact) mass is 303 g/mol. The second-order valence-electron chi connectivity index (χ2n) is 4.14. The van der Waals surface area contributed by atoms with Crippen LogP contribution in [-0.2, 0) is 12.7 Å². The van der Waals surface area contributed by atoms with Crippen molar-refractivity contribution in [3.05, 3.63) is 53.4 Å². The lowest BCUT2D eigenvalue weighted by atomic mass is 10.1. The third kappa shape index (κ3) is 3.27. The van der Waals surface area contributed by atoms with Gasteiger partial charge in [0.25, 0.3) is 0 Å². The molecule has 0 aliphatic carbocycles. The van der Waals surface area contributed by atoms with E-state index in [0.717, 1.165) is 30.5 Å². The van der Waals surface area contributed by atoms with Gasteiger partial charge in [-0.1, -0.05) is 6.07 Å². The highest BCUT2D eigenvalue weighted by Crippen LogP contribution is 2.37. The molecule has 1 aromatic carbocycles. The molecule has 8 heteroatoms. The molecular weight excluding hydrogens is 293 g/mol. The number of nitrogens with one attached hydrogen (secondary N) is 1. The summed E-state index contributed by atoms with van der Waals surface area (Å²) < 4.78 is 65.6. The van der Waals surface area contributed by atoms with Gasteiger partial charge in [0.1, 0.15) is 11.6 Å². The second kappa shape index (κ2) is 5.65. The lowest BCUT2D eigenvalue weighted by Gasteiger charge is -2.15. The highest BCUT2D eigenvalue weighted by atomic mass is 19.4. The van der Waals surface area contributed by atoms with Gasteiger partial charge in [-0.15, -0.1) is 0 Å². The molecule has 0 fully saturated rings. The molecular formula is C13H10F5N3.